The van der Waals surface area contributed by atoms with Crippen LogP contribution in [0.1, 0.15) is 31.1 Å². The third-order valence-electron chi connectivity index (χ3n) is 3.37. The normalized spacial score (nSPS) is 11.5. The first kappa shape index (κ1) is 15.8. The number of aromatic nitrogens is 1. The Bertz CT molecular complexity index is 648. The lowest BCUT2D eigenvalue weighted by molar-refractivity contribution is 0.0827. The quantitative estimate of drug-likeness (QED) is 0.790. The summed E-state index contributed by atoms with van der Waals surface area (Å²) in [6.07, 6.45) is 2.13. The van der Waals surface area contributed by atoms with Gasteiger partial charge in [-0.25, -0.2) is 0 Å². The highest BCUT2D eigenvalue weighted by atomic mass is 79.9. The van der Waals surface area contributed by atoms with Crippen LogP contribution in [0.5, 0.6) is 0 Å². The van der Waals surface area contributed by atoms with Crippen molar-refractivity contribution in [2.45, 2.75) is 26.3 Å². The molecule has 0 fully saturated rings. The molecule has 21 heavy (non-hydrogen) atoms. The number of amides is 1. The number of hydrogen-bond donors (Lipinski definition) is 0. The summed E-state index contributed by atoms with van der Waals surface area (Å²) < 4.78 is 3.25. The molecule has 0 bridgehead atoms. The lowest BCUT2D eigenvalue weighted by Gasteiger charge is -2.22. The number of hydrogen-bond acceptors (Lipinski definition) is 1. The Morgan fingerprint density at radius 2 is 1.67 bits per heavy atom. The summed E-state index contributed by atoms with van der Waals surface area (Å²) >= 11 is 3.61. The van der Waals surface area contributed by atoms with Crippen molar-refractivity contribution < 1.29 is 4.79 Å². The Morgan fingerprint density at radius 3 is 2.10 bits per heavy atom. The lowest BCUT2D eigenvalue weighted by Crippen LogP contribution is -2.21. The zero-order valence-electron chi connectivity index (χ0n) is 13.1. The van der Waals surface area contributed by atoms with Gasteiger partial charge in [0.1, 0.15) is 0 Å². The molecule has 2 aromatic rings. The first-order chi connectivity index (χ1) is 9.70. The van der Waals surface area contributed by atoms with Crippen molar-refractivity contribution in [2.24, 2.45) is 0 Å². The fraction of sp³-hybridized carbons (Fsp3) is 0.353. The van der Waals surface area contributed by atoms with Crippen molar-refractivity contribution in [2.75, 3.05) is 14.1 Å². The van der Waals surface area contributed by atoms with Crippen LogP contribution in [-0.2, 0) is 5.54 Å². The highest BCUT2D eigenvalue weighted by Gasteiger charge is 2.17. The van der Waals surface area contributed by atoms with Gasteiger partial charge < -0.3 is 9.47 Å². The van der Waals surface area contributed by atoms with Gasteiger partial charge in [-0.05, 0) is 60.5 Å². The number of benzene rings is 1. The van der Waals surface area contributed by atoms with Gasteiger partial charge in [0.15, 0.2) is 0 Å². The fourth-order valence-electron chi connectivity index (χ4n) is 2.17. The van der Waals surface area contributed by atoms with Crippen LogP contribution in [-0.4, -0.2) is 29.5 Å². The van der Waals surface area contributed by atoms with E-state index in [0.717, 1.165) is 15.7 Å². The Balaban J connectivity index is 2.34. The molecule has 1 amide bonds. The summed E-state index contributed by atoms with van der Waals surface area (Å²) in [6, 6.07) is 9.84. The highest BCUT2D eigenvalue weighted by molar-refractivity contribution is 9.10. The molecule has 0 aliphatic carbocycles. The Hall–Kier alpha value is -1.55. The van der Waals surface area contributed by atoms with Crippen LogP contribution in [0.4, 0.5) is 0 Å². The van der Waals surface area contributed by atoms with Crippen molar-refractivity contribution in [3.05, 3.63) is 46.7 Å². The zero-order chi connectivity index (χ0) is 15.8. The molecule has 1 aromatic heterocycles. The van der Waals surface area contributed by atoms with Gasteiger partial charge in [0.05, 0.1) is 4.60 Å². The van der Waals surface area contributed by atoms with E-state index >= 15 is 0 Å². The van der Waals surface area contributed by atoms with Gasteiger partial charge in [-0.3, -0.25) is 4.79 Å². The minimum atomic E-state index is 0.0231. The minimum Gasteiger partial charge on any atom is -0.345 e. The Kier molecular flexibility index (Phi) is 4.28. The van der Waals surface area contributed by atoms with Crippen LogP contribution in [0, 0.1) is 0 Å². The van der Waals surface area contributed by atoms with Crippen LogP contribution < -0.4 is 0 Å². The van der Waals surface area contributed by atoms with E-state index in [2.05, 4.69) is 53.5 Å². The van der Waals surface area contributed by atoms with Gasteiger partial charge in [-0.15, -0.1) is 0 Å². The maximum atomic E-state index is 11.9. The van der Waals surface area contributed by atoms with Gasteiger partial charge in [0.2, 0.25) is 0 Å². The molecule has 0 radical (unpaired) electrons. The fourth-order valence-corrected chi connectivity index (χ4v) is 3.05. The van der Waals surface area contributed by atoms with E-state index < -0.39 is 0 Å². The van der Waals surface area contributed by atoms with E-state index in [4.69, 9.17) is 0 Å². The summed E-state index contributed by atoms with van der Waals surface area (Å²) in [7, 11) is 3.52. The number of carbonyl (C=O) groups excluding carboxylic acids is 1. The summed E-state index contributed by atoms with van der Waals surface area (Å²) in [5.74, 6) is 0.0231. The molecule has 0 N–H and O–H groups in total. The van der Waals surface area contributed by atoms with E-state index in [1.54, 1.807) is 19.0 Å². The smallest absolute Gasteiger partial charge is 0.253 e. The van der Waals surface area contributed by atoms with E-state index in [9.17, 15) is 4.79 Å². The molecular formula is C17H21BrN2O. The molecule has 2 rings (SSSR count). The molecular weight excluding hydrogens is 328 g/mol. The van der Waals surface area contributed by atoms with Crippen LogP contribution in [0.3, 0.4) is 0 Å². The van der Waals surface area contributed by atoms with Crippen molar-refractivity contribution >= 4 is 21.8 Å². The molecule has 0 saturated carbocycles. The van der Waals surface area contributed by atoms with E-state index in [-0.39, 0.29) is 11.4 Å². The van der Waals surface area contributed by atoms with Crippen molar-refractivity contribution in [3.8, 4) is 11.1 Å². The first-order valence-electron chi connectivity index (χ1n) is 6.90. The molecule has 1 heterocycles. The molecule has 0 unspecified atom stereocenters. The van der Waals surface area contributed by atoms with Gasteiger partial charge in [-0.2, -0.15) is 0 Å². The van der Waals surface area contributed by atoms with Crippen molar-refractivity contribution in [1.82, 2.24) is 9.47 Å². The average Bonchev–Trinajstić information content (AvgIpc) is 2.80. The van der Waals surface area contributed by atoms with Gasteiger partial charge in [0.25, 0.3) is 5.91 Å². The number of nitrogens with zero attached hydrogens (tertiary/aromatic N) is 2. The van der Waals surface area contributed by atoms with Gasteiger partial charge >= 0.3 is 0 Å². The van der Waals surface area contributed by atoms with Crippen LogP contribution >= 0.6 is 15.9 Å². The number of halogens is 1. The highest BCUT2D eigenvalue weighted by Crippen LogP contribution is 2.30. The van der Waals surface area contributed by atoms with E-state index in [1.165, 1.54) is 0 Å². The predicted molar refractivity (Wildman–Crippen MR) is 90.6 cm³/mol. The molecule has 3 nitrogen and oxygen atoms in total. The average molecular weight is 349 g/mol. The Labute approximate surface area is 134 Å². The summed E-state index contributed by atoms with van der Waals surface area (Å²) in [4.78, 5) is 13.5. The molecule has 112 valence electrons. The minimum absolute atomic E-state index is 0.0231. The predicted octanol–water partition coefficient (Wildman–Crippen LogP) is 4.37. The first-order valence-corrected chi connectivity index (χ1v) is 7.70. The SMILES string of the molecule is CN(C)C(=O)c1ccc(-c2cc(Br)n(C(C)(C)C)c2)cc1. The molecule has 0 aliphatic rings. The summed E-state index contributed by atoms with van der Waals surface area (Å²) in [6.45, 7) is 6.50. The molecule has 0 aliphatic heterocycles. The van der Waals surface area contributed by atoms with Crippen molar-refractivity contribution in [3.63, 3.8) is 0 Å². The second-order valence-corrected chi connectivity index (χ2v) is 7.18. The van der Waals surface area contributed by atoms with Crippen molar-refractivity contribution in [1.29, 1.82) is 0 Å². The topological polar surface area (TPSA) is 25.2 Å². The maximum absolute atomic E-state index is 11.9. The van der Waals surface area contributed by atoms with Gasteiger partial charge in [0, 0.05) is 37.0 Å². The molecule has 0 saturated heterocycles. The molecule has 0 atom stereocenters. The second kappa shape index (κ2) is 5.68. The molecule has 0 spiro atoms. The van der Waals surface area contributed by atoms with E-state index in [0.29, 0.717) is 5.56 Å². The monoisotopic (exact) mass is 348 g/mol. The third kappa shape index (κ3) is 3.38. The lowest BCUT2D eigenvalue weighted by atomic mass is 10.1. The molecule has 4 heteroatoms. The summed E-state index contributed by atoms with van der Waals surface area (Å²) in [5, 5.41) is 0. The van der Waals surface area contributed by atoms with E-state index in [1.807, 2.05) is 24.3 Å². The summed E-state index contributed by atoms with van der Waals surface area (Å²) in [5.41, 5.74) is 2.98. The maximum Gasteiger partial charge on any atom is 0.253 e. The van der Waals surface area contributed by atoms with Crippen LogP contribution in [0.25, 0.3) is 11.1 Å². The van der Waals surface area contributed by atoms with Crippen LogP contribution in [0.2, 0.25) is 0 Å². The standard InChI is InChI=1S/C17H21BrN2O/c1-17(2,3)20-11-14(10-15(20)18)12-6-8-13(9-7-12)16(21)19(4)5/h6-11H,1-5H3. The molecule has 1 aromatic carbocycles. The second-order valence-electron chi connectivity index (χ2n) is 6.37. The van der Waals surface area contributed by atoms with Gasteiger partial charge in [-0.1, -0.05) is 12.1 Å². The Morgan fingerprint density at radius 1 is 1.10 bits per heavy atom. The van der Waals surface area contributed by atoms with Crippen LogP contribution in [0.15, 0.2) is 41.1 Å². The third-order valence-corrected chi connectivity index (χ3v) is 3.98. The number of carbonyl (C=O) groups is 1. The zero-order valence-corrected chi connectivity index (χ0v) is 14.7. The number of rotatable bonds is 2. The largest absolute Gasteiger partial charge is 0.345 e.